The molecular formula is C17H16Cl2N2O2. The van der Waals surface area contributed by atoms with Gasteiger partial charge in [-0.05, 0) is 36.2 Å². The summed E-state index contributed by atoms with van der Waals surface area (Å²) in [5.74, 6) is 2.35. The number of aryl methyl sites for hydroxylation is 2. The monoisotopic (exact) mass is 350 g/mol. The number of hydrogen-bond acceptors (Lipinski definition) is 3. The first-order valence-electron chi connectivity index (χ1n) is 7.15. The zero-order valence-corrected chi connectivity index (χ0v) is 14.3. The predicted octanol–water partition coefficient (Wildman–Crippen LogP) is 4.67. The third kappa shape index (κ3) is 3.38. The maximum atomic E-state index is 6.03. The standard InChI is InChI=1S/C17H16Cl2N2O2/c1-22-15-5-3-10(7-16(15)23-2)4-6-17-20-13-8-11(18)12(19)9-14(13)21-17/h3,5,7-9H,4,6H2,1-2H3,(H,20,21). The van der Waals surface area contributed by atoms with E-state index in [-0.39, 0.29) is 0 Å². The van der Waals surface area contributed by atoms with Crippen molar-refractivity contribution in [2.45, 2.75) is 12.8 Å². The van der Waals surface area contributed by atoms with Gasteiger partial charge in [-0.15, -0.1) is 0 Å². The fourth-order valence-electron chi connectivity index (χ4n) is 2.48. The number of benzene rings is 2. The van der Waals surface area contributed by atoms with E-state index in [2.05, 4.69) is 9.97 Å². The molecule has 1 heterocycles. The number of hydrogen-bond donors (Lipinski definition) is 1. The van der Waals surface area contributed by atoms with Crippen molar-refractivity contribution in [3.63, 3.8) is 0 Å². The molecule has 0 amide bonds. The molecule has 1 N–H and O–H groups in total. The smallest absolute Gasteiger partial charge is 0.160 e. The van der Waals surface area contributed by atoms with Crippen LogP contribution in [-0.2, 0) is 12.8 Å². The SMILES string of the molecule is COc1ccc(CCc2nc3cc(Cl)c(Cl)cc3[nH]2)cc1OC. The number of aromatic nitrogens is 2. The molecule has 0 radical (unpaired) electrons. The van der Waals surface area contributed by atoms with Crippen LogP contribution in [0.15, 0.2) is 30.3 Å². The Kier molecular flexibility index (Phi) is 4.64. The summed E-state index contributed by atoms with van der Waals surface area (Å²) in [5.41, 5.74) is 2.86. The second-order valence-corrected chi connectivity index (χ2v) is 5.97. The molecule has 0 spiro atoms. The van der Waals surface area contributed by atoms with Gasteiger partial charge >= 0.3 is 0 Å². The van der Waals surface area contributed by atoms with Crippen LogP contribution >= 0.6 is 23.2 Å². The third-order valence-corrected chi connectivity index (χ3v) is 4.39. The molecule has 23 heavy (non-hydrogen) atoms. The Bertz CT molecular complexity index is 807. The number of nitrogens with one attached hydrogen (secondary N) is 1. The summed E-state index contributed by atoms with van der Waals surface area (Å²) in [6.07, 6.45) is 1.61. The van der Waals surface area contributed by atoms with Gasteiger partial charge in [-0.2, -0.15) is 0 Å². The highest BCUT2D eigenvalue weighted by Crippen LogP contribution is 2.29. The highest BCUT2D eigenvalue weighted by Gasteiger charge is 2.08. The number of halogens is 2. The lowest BCUT2D eigenvalue weighted by Crippen LogP contribution is -1.96. The maximum Gasteiger partial charge on any atom is 0.160 e. The molecule has 0 unspecified atom stereocenters. The van der Waals surface area contributed by atoms with Gasteiger partial charge in [-0.1, -0.05) is 29.3 Å². The normalized spacial score (nSPS) is 11.0. The van der Waals surface area contributed by atoms with Gasteiger partial charge in [0.25, 0.3) is 0 Å². The van der Waals surface area contributed by atoms with E-state index in [1.54, 1.807) is 26.4 Å². The van der Waals surface area contributed by atoms with Gasteiger partial charge in [-0.3, -0.25) is 0 Å². The number of nitrogens with zero attached hydrogens (tertiary/aromatic N) is 1. The number of methoxy groups -OCH3 is 2. The molecule has 0 saturated carbocycles. The quantitative estimate of drug-likeness (QED) is 0.727. The van der Waals surface area contributed by atoms with Gasteiger partial charge < -0.3 is 14.5 Å². The van der Waals surface area contributed by atoms with Crippen LogP contribution in [0.1, 0.15) is 11.4 Å². The predicted molar refractivity (Wildman–Crippen MR) is 93.1 cm³/mol. The topological polar surface area (TPSA) is 47.1 Å². The summed E-state index contributed by atoms with van der Waals surface area (Å²) >= 11 is 12.0. The lowest BCUT2D eigenvalue weighted by molar-refractivity contribution is 0.354. The van der Waals surface area contributed by atoms with Crippen molar-refractivity contribution in [3.8, 4) is 11.5 Å². The summed E-state index contributed by atoms with van der Waals surface area (Å²) in [5, 5.41) is 1.03. The Labute approximate surface area is 144 Å². The van der Waals surface area contributed by atoms with Crippen molar-refractivity contribution in [2.24, 2.45) is 0 Å². The van der Waals surface area contributed by atoms with Crippen molar-refractivity contribution in [1.82, 2.24) is 9.97 Å². The Hall–Kier alpha value is -1.91. The van der Waals surface area contributed by atoms with Crippen LogP contribution < -0.4 is 9.47 Å². The zero-order chi connectivity index (χ0) is 16.4. The lowest BCUT2D eigenvalue weighted by Gasteiger charge is -2.09. The van der Waals surface area contributed by atoms with Crippen LogP contribution in [0.5, 0.6) is 11.5 Å². The minimum atomic E-state index is 0.511. The largest absolute Gasteiger partial charge is 0.493 e. The van der Waals surface area contributed by atoms with Gasteiger partial charge in [0.05, 0.1) is 35.3 Å². The van der Waals surface area contributed by atoms with Crippen molar-refractivity contribution in [2.75, 3.05) is 14.2 Å². The summed E-state index contributed by atoms with van der Waals surface area (Å²) < 4.78 is 10.6. The maximum absolute atomic E-state index is 6.03. The van der Waals surface area contributed by atoms with Crippen molar-refractivity contribution in [3.05, 3.63) is 51.8 Å². The van der Waals surface area contributed by atoms with E-state index in [9.17, 15) is 0 Å². The van der Waals surface area contributed by atoms with Crippen molar-refractivity contribution < 1.29 is 9.47 Å². The highest BCUT2D eigenvalue weighted by atomic mass is 35.5. The summed E-state index contributed by atoms with van der Waals surface area (Å²) in [4.78, 5) is 7.83. The fraction of sp³-hybridized carbons (Fsp3) is 0.235. The molecule has 0 aliphatic carbocycles. The summed E-state index contributed by atoms with van der Waals surface area (Å²) in [6.45, 7) is 0. The Balaban J connectivity index is 1.78. The molecule has 120 valence electrons. The number of H-pyrrole nitrogens is 1. The van der Waals surface area contributed by atoms with E-state index >= 15 is 0 Å². The molecule has 0 aliphatic rings. The molecule has 3 aromatic rings. The van der Waals surface area contributed by atoms with E-state index in [1.165, 1.54) is 0 Å². The minimum Gasteiger partial charge on any atom is -0.493 e. The Morgan fingerprint density at radius 2 is 1.70 bits per heavy atom. The highest BCUT2D eigenvalue weighted by molar-refractivity contribution is 6.42. The van der Waals surface area contributed by atoms with Gasteiger partial charge in [0.2, 0.25) is 0 Å². The summed E-state index contributed by atoms with van der Waals surface area (Å²) in [7, 11) is 3.26. The number of rotatable bonds is 5. The number of imidazole rings is 1. The van der Waals surface area contributed by atoms with E-state index in [4.69, 9.17) is 32.7 Å². The van der Waals surface area contributed by atoms with Gasteiger partial charge in [0, 0.05) is 6.42 Å². The van der Waals surface area contributed by atoms with E-state index < -0.39 is 0 Å². The van der Waals surface area contributed by atoms with Crippen LogP contribution in [0.4, 0.5) is 0 Å². The molecular weight excluding hydrogens is 335 g/mol. The first kappa shape index (κ1) is 16.0. The molecule has 0 fully saturated rings. The van der Waals surface area contributed by atoms with Gasteiger partial charge in [-0.25, -0.2) is 4.98 Å². The van der Waals surface area contributed by atoms with Crippen molar-refractivity contribution >= 4 is 34.2 Å². The van der Waals surface area contributed by atoms with Crippen molar-refractivity contribution in [1.29, 1.82) is 0 Å². The fourth-order valence-corrected chi connectivity index (χ4v) is 2.80. The summed E-state index contributed by atoms with van der Waals surface area (Å²) in [6, 6.07) is 9.49. The third-order valence-electron chi connectivity index (χ3n) is 3.67. The molecule has 0 atom stereocenters. The van der Waals surface area contributed by atoms with Crippen LogP contribution in [0.25, 0.3) is 11.0 Å². The number of fused-ring (bicyclic) bond motifs is 1. The minimum absolute atomic E-state index is 0.511. The van der Waals surface area contributed by atoms with Crippen LogP contribution in [0, 0.1) is 0 Å². The second-order valence-electron chi connectivity index (χ2n) is 5.16. The van der Waals surface area contributed by atoms with Gasteiger partial charge in [0.15, 0.2) is 11.5 Å². The number of ether oxygens (including phenoxy) is 2. The number of aromatic amines is 1. The molecule has 3 rings (SSSR count). The molecule has 1 aromatic heterocycles. The van der Waals surface area contributed by atoms with Gasteiger partial charge in [0.1, 0.15) is 5.82 Å². The van der Waals surface area contributed by atoms with E-state index in [0.29, 0.717) is 10.0 Å². The Morgan fingerprint density at radius 1 is 0.957 bits per heavy atom. The van der Waals surface area contributed by atoms with Crippen LogP contribution in [0.2, 0.25) is 10.0 Å². The average molecular weight is 351 g/mol. The molecule has 0 aliphatic heterocycles. The second kappa shape index (κ2) is 6.69. The van der Waals surface area contributed by atoms with E-state index in [0.717, 1.165) is 46.8 Å². The van der Waals surface area contributed by atoms with Crippen LogP contribution in [0.3, 0.4) is 0 Å². The first-order chi connectivity index (χ1) is 11.1. The first-order valence-corrected chi connectivity index (χ1v) is 7.91. The van der Waals surface area contributed by atoms with E-state index in [1.807, 2.05) is 18.2 Å². The Morgan fingerprint density at radius 3 is 2.43 bits per heavy atom. The average Bonchev–Trinajstić information content (AvgIpc) is 2.94. The molecule has 6 heteroatoms. The molecule has 0 saturated heterocycles. The van der Waals surface area contributed by atoms with Crippen LogP contribution in [-0.4, -0.2) is 24.2 Å². The molecule has 4 nitrogen and oxygen atoms in total. The zero-order valence-electron chi connectivity index (χ0n) is 12.8. The lowest BCUT2D eigenvalue weighted by atomic mass is 10.1. The molecule has 2 aromatic carbocycles. The molecule has 0 bridgehead atoms.